The Morgan fingerprint density at radius 1 is 0.931 bits per heavy atom. The topological polar surface area (TPSA) is 38.1 Å². The monoisotopic (exact) mass is 401 g/mol. The molecule has 0 saturated carbocycles. The molecule has 0 aliphatic rings. The Labute approximate surface area is 175 Å². The second kappa shape index (κ2) is 8.97. The van der Waals surface area contributed by atoms with E-state index in [1.165, 1.54) is 17.3 Å². The summed E-state index contributed by atoms with van der Waals surface area (Å²) in [6.45, 7) is 0.829. The number of hydrogen-bond acceptors (Lipinski definition) is 3. The molecule has 29 heavy (non-hydrogen) atoms. The molecule has 0 aliphatic heterocycles. The molecule has 1 aromatic heterocycles. The summed E-state index contributed by atoms with van der Waals surface area (Å²) in [6.07, 6.45) is 0.923. The number of aryl methyl sites for hydroxylation is 2. The van der Waals surface area contributed by atoms with Crippen LogP contribution < -0.4 is 4.90 Å². The molecule has 1 heterocycles. The molecule has 4 nitrogen and oxygen atoms in total. The molecular weight excluding hydrogens is 378 g/mol. The summed E-state index contributed by atoms with van der Waals surface area (Å²) in [6, 6.07) is 28.3. The molecule has 0 N–H and O–H groups in total. The van der Waals surface area contributed by atoms with Crippen LogP contribution >= 0.6 is 11.8 Å². The zero-order valence-corrected chi connectivity index (χ0v) is 17.2. The van der Waals surface area contributed by atoms with Gasteiger partial charge in [-0.25, -0.2) is 4.98 Å². The van der Waals surface area contributed by atoms with E-state index in [2.05, 4.69) is 34.9 Å². The van der Waals surface area contributed by atoms with Gasteiger partial charge in [0.05, 0.1) is 16.8 Å². The molecule has 3 aromatic carbocycles. The van der Waals surface area contributed by atoms with Crippen molar-refractivity contribution in [3.8, 4) is 0 Å². The molecule has 4 rings (SSSR count). The lowest BCUT2D eigenvalue weighted by Gasteiger charge is -2.17. The minimum Gasteiger partial charge on any atom is -0.319 e. The Balaban J connectivity index is 1.51. The van der Waals surface area contributed by atoms with Crippen LogP contribution in [0.4, 0.5) is 5.69 Å². The Kier molecular flexibility index (Phi) is 5.96. The van der Waals surface area contributed by atoms with Gasteiger partial charge in [-0.05, 0) is 36.2 Å². The number of imidazole rings is 1. The minimum atomic E-state index is 0.0582. The van der Waals surface area contributed by atoms with Gasteiger partial charge in [-0.3, -0.25) is 4.79 Å². The van der Waals surface area contributed by atoms with Crippen LogP contribution in [0.25, 0.3) is 11.0 Å². The maximum Gasteiger partial charge on any atom is 0.237 e. The smallest absolute Gasteiger partial charge is 0.237 e. The van der Waals surface area contributed by atoms with Crippen molar-refractivity contribution in [3.63, 3.8) is 0 Å². The van der Waals surface area contributed by atoms with Gasteiger partial charge in [0.2, 0.25) is 5.91 Å². The molecule has 1 amide bonds. The van der Waals surface area contributed by atoms with Crippen LogP contribution in [0.2, 0.25) is 0 Å². The van der Waals surface area contributed by atoms with Gasteiger partial charge in [-0.1, -0.05) is 72.4 Å². The number of carbonyl (C=O) groups excluding carboxylic acids is 1. The number of benzene rings is 3. The van der Waals surface area contributed by atoms with Crippen molar-refractivity contribution in [2.45, 2.75) is 18.1 Å². The molecular formula is C24H23N3OS. The van der Waals surface area contributed by atoms with E-state index in [1.54, 1.807) is 4.90 Å². The highest BCUT2D eigenvalue weighted by Crippen LogP contribution is 2.25. The summed E-state index contributed by atoms with van der Waals surface area (Å²) in [7, 11) is 1.82. The maximum atomic E-state index is 12.7. The number of hydrogen-bond donors (Lipinski definition) is 0. The highest BCUT2D eigenvalue weighted by molar-refractivity contribution is 7.99. The van der Waals surface area contributed by atoms with E-state index in [1.807, 2.05) is 61.6 Å². The standard InChI is InChI=1S/C24H23N3OS/c1-26(20-12-6-3-7-13-20)23(28)18-29-24-25-21-14-8-9-15-22(21)27(24)17-16-19-10-4-2-5-11-19/h2-15H,16-18H2,1H3. The second-order valence-electron chi connectivity index (χ2n) is 6.85. The quantitative estimate of drug-likeness (QED) is 0.408. The lowest BCUT2D eigenvalue weighted by molar-refractivity contribution is -0.115. The van der Waals surface area contributed by atoms with Gasteiger partial charge < -0.3 is 9.47 Å². The van der Waals surface area contributed by atoms with Crippen LogP contribution in [-0.2, 0) is 17.8 Å². The first-order valence-corrected chi connectivity index (χ1v) is 10.6. The van der Waals surface area contributed by atoms with E-state index >= 15 is 0 Å². The molecule has 0 unspecified atom stereocenters. The summed E-state index contributed by atoms with van der Waals surface area (Å²) in [4.78, 5) is 19.2. The highest BCUT2D eigenvalue weighted by atomic mass is 32.2. The number of rotatable bonds is 7. The van der Waals surface area contributed by atoms with Crippen molar-refractivity contribution in [2.75, 3.05) is 17.7 Å². The molecule has 146 valence electrons. The highest BCUT2D eigenvalue weighted by Gasteiger charge is 2.15. The molecule has 0 fully saturated rings. The van der Waals surface area contributed by atoms with E-state index in [4.69, 9.17) is 4.98 Å². The molecule has 5 heteroatoms. The van der Waals surface area contributed by atoms with Gasteiger partial charge in [-0.2, -0.15) is 0 Å². The fraction of sp³-hybridized carbons (Fsp3) is 0.167. The first kappa shape index (κ1) is 19.3. The first-order chi connectivity index (χ1) is 14.2. The summed E-state index contributed by atoms with van der Waals surface area (Å²) in [5.41, 5.74) is 4.26. The number of anilines is 1. The van der Waals surface area contributed by atoms with Crippen molar-refractivity contribution in [1.82, 2.24) is 9.55 Å². The molecule has 0 spiro atoms. The van der Waals surface area contributed by atoms with Gasteiger partial charge in [0.15, 0.2) is 5.16 Å². The van der Waals surface area contributed by atoms with E-state index in [0.29, 0.717) is 5.75 Å². The number of nitrogens with zero attached hydrogens (tertiary/aromatic N) is 3. The number of aromatic nitrogens is 2. The summed E-state index contributed by atoms with van der Waals surface area (Å²) >= 11 is 1.50. The molecule has 0 bridgehead atoms. The Bertz CT molecular complexity index is 1090. The predicted molar refractivity (Wildman–Crippen MR) is 120 cm³/mol. The van der Waals surface area contributed by atoms with Crippen molar-refractivity contribution in [3.05, 3.63) is 90.5 Å². The van der Waals surface area contributed by atoms with Crippen LogP contribution in [0.3, 0.4) is 0 Å². The number of carbonyl (C=O) groups is 1. The number of fused-ring (bicyclic) bond motifs is 1. The van der Waals surface area contributed by atoms with Crippen LogP contribution in [0.1, 0.15) is 5.56 Å². The Morgan fingerprint density at radius 2 is 1.59 bits per heavy atom. The minimum absolute atomic E-state index is 0.0582. The maximum absolute atomic E-state index is 12.7. The Hall–Kier alpha value is -3.05. The first-order valence-electron chi connectivity index (χ1n) is 9.66. The molecule has 0 aliphatic carbocycles. The normalized spacial score (nSPS) is 10.9. The summed E-state index contributed by atoms with van der Waals surface area (Å²) in [5.74, 6) is 0.405. The summed E-state index contributed by atoms with van der Waals surface area (Å²) in [5, 5.41) is 0.886. The number of thioether (sulfide) groups is 1. The zero-order chi connectivity index (χ0) is 20.1. The van der Waals surface area contributed by atoms with Crippen LogP contribution in [0, 0.1) is 0 Å². The van der Waals surface area contributed by atoms with Crippen molar-refractivity contribution in [2.24, 2.45) is 0 Å². The lowest BCUT2D eigenvalue weighted by Crippen LogP contribution is -2.28. The van der Waals surface area contributed by atoms with Crippen LogP contribution in [-0.4, -0.2) is 28.3 Å². The molecule has 0 saturated heterocycles. The number of amides is 1. The van der Waals surface area contributed by atoms with Gasteiger partial charge in [0, 0.05) is 19.3 Å². The third-order valence-electron chi connectivity index (χ3n) is 4.93. The largest absolute Gasteiger partial charge is 0.319 e. The van der Waals surface area contributed by atoms with E-state index < -0.39 is 0 Å². The van der Waals surface area contributed by atoms with E-state index in [-0.39, 0.29) is 5.91 Å². The van der Waals surface area contributed by atoms with E-state index in [0.717, 1.165) is 34.8 Å². The van der Waals surface area contributed by atoms with Crippen molar-refractivity contribution >= 4 is 34.4 Å². The average Bonchev–Trinajstić information content (AvgIpc) is 3.14. The zero-order valence-electron chi connectivity index (χ0n) is 16.4. The third-order valence-corrected chi connectivity index (χ3v) is 5.89. The predicted octanol–water partition coefficient (Wildman–Crippen LogP) is 5.03. The molecule has 0 radical (unpaired) electrons. The Morgan fingerprint density at radius 3 is 2.34 bits per heavy atom. The fourth-order valence-electron chi connectivity index (χ4n) is 3.28. The van der Waals surface area contributed by atoms with Crippen LogP contribution in [0.5, 0.6) is 0 Å². The number of para-hydroxylation sites is 3. The van der Waals surface area contributed by atoms with Gasteiger partial charge in [-0.15, -0.1) is 0 Å². The molecule has 4 aromatic rings. The molecule has 0 atom stereocenters. The van der Waals surface area contributed by atoms with Crippen LogP contribution in [0.15, 0.2) is 90.1 Å². The SMILES string of the molecule is CN(C(=O)CSc1nc2ccccc2n1CCc1ccccc1)c1ccccc1. The van der Waals surface area contributed by atoms with E-state index in [9.17, 15) is 4.79 Å². The average molecular weight is 402 g/mol. The van der Waals surface area contributed by atoms with Gasteiger partial charge in [0.25, 0.3) is 0 Å². The van der Waals surface area contributed by atoms with Crippen molar-refractivity contribution < 1.29 is 4.79 Å². The van der Waals surface area contributed by atoms with Crippen molar-refractivity contribution in [1.29, 1.82) is 0 Å². The van der Waals surface area contributed by atoms with Gasteiger partial charge in [0.1, 0.15) is 0 Å². The second-order valence-corrected chi connectivity index (χ2v) is 7.79. The fourth-order valence-corrected chi connectivity index (χ4v) is 4.24. The lowest BCUT2D eigenvalue weighted by atomic mass is 10.1. The summed E-state index contributed by atoms with van der Waals surface area (Å²) < 4.78 is 2.22. The van der Waals surface area contributed by atoms with Gasteiger partial charge >= 0.3 is 0 Å². The third kappa shape index (κ3) is 4.51.